The number of hydrogen-bond acceptors (Lipinski definition) is 5. The summed E-state index contributed by atoms with van der Waals surface area (Å²) in [6.45, 7) is 2.67. The molecule has 0 atom stereocenters. The minimum absolute atomic E-state index is 0. The third kappa shape index (κ3) is 3.62. The van der Waals surface area contributed by atoms with E-state index in [9.17, 15) is 10.1 Å². The maximum absolute atomic E-state index is 10.8. The van der Waals surface area contributed by atoms with Gasteiger partial charge < -0.3 is 4.90 Å². The molecular formula is C9H14N3NaO2S. The SMILES string of the molecule is CCN(C)c1cc(SC)ncc1[N+](=O)[O-].[NaH]. The van der Waals surface area contributed by atoms with Gasteiger partial charge >= 0.3 is 35.2 Å². The molecule has 1 aromatic rings. The molecule has 0 aliphatic carbocycles. The third-order valence-electron chi connectivity index (χ3n) is 2.13. The van der Waals surface area contributed by atoms with Crippen LogP contribution in [0.3, 0.4) is 0 Å². The van der Waals surface area contributed by atoms with Gasteiger partial charge in [0.2, 0.25) is 0 Å². The normalized spacial score (nSPS) is 9.44. The van der Waals surface area contributed by atoms with Crippen molar-refractivity contribution in [3.63, 3.8) is 0 Å². The van der Waals surface area contributed by atoms with Crippen molar-refractivity contribution in [1.82, 2.24) is 4.98 Å². The average Bonchev–Trinajstić information content (AvgIpc) is 2.26. The molecule has 84 valence electrons. The van der Waals surface area contributed by atoms with Crippen molar-refractivity contribution in [1.29, 1.82) is 0 Å². The van der Waals surface area contributed by atoms with Crippen LogP contribution < -0.4 is 4.90 Å². The quantitative estimate of drug-likeness (QED) is 0.351. The molecule has 1 rings (SSSR count). The van der Waals surface area contributed by atoms with Gasteiger partial charge in [-0.1, -0.05) is 0 Å². The summed E-state index contributed by atoms with van der Waals surface area (Å²) in [4.78, 5) is 16.2. The van der Waals surface area contributed by atoms with Gasteiger partial charge in [-0.25, -0.2) is 4.98 Å². The van der Waals surface area contributed by atoms with E-state index in [1.807, 2.05) is 25.1 Å². The van der Waals surface area contributed by atoms with Crippen LogP contribution in [0, 0.1) is 10.1 Å². The topological polar surface area (TPSA) is 59.3 Å². The Morgan fingerprint density at radius 3 is 2.69 bits per heavy atom. The van der Waals surface area contributed by atoms with Crippen LogP contribution in [-0.2, 0) is 0 Å². The van der Waals surface area contributed by atoms with Crippen LogP contribution in [0.4, 0.5) is 11.4 Å². The van der Waals surface area contributed by atoms with Crippen molar-refractivity contribution in [2.24, 2.45) is 0 Å². The second-order valence-electron chi connectivity index (χ2n) is 2.99. The Morgan fingerprint density at radius 1 is 1.62 bits per heavy atom. The Bertz CT molecular complexity index is 376. The molecule has 0 radical (unpaired) electrons. The summed E-state index contributed by atoms with van der Waals surface area (Å²) in [6, 6.07) is 1.74. The first-order valence-corrected chi connectivity index (χ1v) is 5.72. The summed E-state index contributed by atoms with van der Waals surface area (Å²) in [5, 5.41) is 11.6. The van der Waals surface area contributed by atoms with Gasteiger partial charge in [0.05, 0.1) is 9.95 Å². The predicted molar refractivity (Wildman–Crippen MR) is 68.8 cm³/mol. The molecule has 5 nitrogen and oxygen atoms in total. The van der Waals surface area contributed by atoms with Gasteiger partial charge in [0.15, 0.2) is 0 Å². The summed E-state index contributed by atoms with van der Waals surface area (Å²) in [5.74, 6) is 0. The van der Waals surface area contributed by atoms with Gasteiger partial charge in [0.25, 0.3) is 0 Å². The number of anilines is 1. The van der Waals surface area contributed by atoms with Gasteiger partial charge in [-0.2, -0.15) is 0 Å². The van der Waals surface area contributed by atoms with Gasteiger partial charge in [0.1, 0.15) is 11.9 Å². The van der Waals surface area contributed by atoms with Gasteiger partial charge in [-0.05, 0) is 13.2 Å². The number of rotatable bonds is 4. The molecular weight excluding hydrogens is 237 g/mol. The van der Waals surface area contributed by atoms with Crippen LogP contribution in [0.1, 0.15) is 6.92 Å². The Hall–Kier alpha value is -0.300. The molecule has 0 aliphatic heterocycles. The van der Waals surface area contributed by atoms with E-state index in [4.69, 9.17) is 0 Å². The molecule has 1 heterocycles. The third-order valence-corrected chi connectivity index (χ3v) is 2.77. The molecule has 1 aromatic heterocycles. The van der Waals surface area contributed by atoms with Crippen molar-refractivity contribution in [3.05, 3.63) is 22.4 Å². The summed E-state index contributed by atoms with van der Waals surface area (Å²) >= 11 is 1.47. The summed E-state index contributed by atoms with van der Waals surface area (Å²) in [5.41, 5.74) is 0.666. The van der Waals surface area contributed by atoms with Crippen molar-refractivity contribution in [3.8, 4) is 0 Å². The van der Waals surface area contributed by atoms with E-state index in [1.165, 1.54) is 18.0 Å². The molecule has 0 aliphatic rings. The van der Waals surface area contributed by atoms with E-state index in [2.05, 4.69) is 4.98 Å². The molecule has 0 amide bonds. The Morgan fingerprint density at radius 2 is 2.25 bits per heavy atom. The van der Waals surface area contributed by atoms with E-state index < -0.39 is 4.92 Å². The first-order valence-electron chi connectivity index (χ1n) is 4.49. The minimum atomic E-state index is -0.404. The van der Waals surface area contributed by atoms with Crippen molar-refractivity contribution >= 4 is 52.7 Å². The summed E-state index contributed by atoms with van der Waals surface area (Å²) in [7, 11) is 1.83. The molecule has 0 unspecified atom stereocenters. The van der Waals surface area contributed by atoms with E-state index in [1.54, 1.807) is 6.07 Å². The Kier molecular flexibility index (Phi) is 6.98. The van der Waals surface area contributed by atoms with Gasteiger partial charge in [-0.15, -0.1) is 11.8 Å². The fourth-order valence-corrected chi connectivity index (χ4v) is 1.54. The Balaban J connectivity index is 0.00000225. The predicted octanol–water partition coefficient (Wildman–Crippen LogP) is 1.52. The number of nitro groups is 1. The van der Waals surface area contributed by atoms with Crippen molar-refractivity contribution in [2.75, 3.05) is 24.7 Å². The standard InChI is InChI=1S/C9H13N3O2S.Na.H/c1-4-11(2)7-5-9(15-3)10-6-8(7)12(13)14;;/h5-6H,4H2,1-3H3;;. The zero-order valence-corrected chi connectivity index (χ0v) is 9.74. The molecule has 0 fully saturated rings. The summed E-state index contributed by atoms with van der Waals surface area (Å²) in [6.07, 6.45) is 3.21. The first-order chi connectivity index (χ1) is 7.10. The van der Waals surface area contributed by atoms with Gasteiger partial charge in [0, 0.05) is 19.7 Å². The van der Waals surface area contributed by atoms with Crippen LogP contribution in [0.15, 0.2) is 17.3 Å². The molecule has 0 spiro atoms. The zero-order chi connectivity index (χ0) is 11.4. The molecule has 0 N–H and O–H groups in total. The van der Waals surface area contributed by atoms with Gasteiger partial charge in [-0.3, -0.25) is 10.1 Å². The molecule has 16 heavy (non-hydrogen) atoms. The first kappa shape index (κ1) is 15.7. The van der Waals surface area contributed by atoms with E-state index in [0.717, 1.165) is 11.6 Å². The molecule has 0 saturated carbocycles. The number of aromatic nitrogens is 1. The van der Waals surface area contributed by atoms with E-state index in [0.29, 0.717) is 5.69 Å². The van der Waals surface area contributed by atoms with Crippen molar-refractivity contribution in [2.45, 2.75) is 11.9 Å². The fraction of sp³-hybridized carbons (Fsp3) is 0.444. The van der Waals surface area contributed by atoms with Crippen LogP contribution in [0.5, 0.6) is 0 Å². The zero-order valence-electron chi connectivity index (χ0n) is 8.93. The van der Waals surface area contributed by atoms with E-state index >= 15 is 0 Å². The van der Waals surface area contributed by atoms with Crippen LogP contribution in [-0.4, -0.2) is 59.3 Å². The number of nitrogens with zero attached hydrogens (tertiary/aromatic N) is 3. The van der Waals surface area contributed by atoms with Crippen molar-refractivity contribution < 1.29 is 4.92 Å². The number of pyridine rings is 1. The fourth-order valence-electron chi connectivity index (χ4n) is 1.15. The molecule has 0 bridgehead atoms. The molecule has 0 aromatic carbocycles. The maximum atomic E-state index is 10.8. The molecule has 0 saturated heterocycles. The number of thioether (sulfide) groups is 1. The van der Waals surface area contributed by atoms with Crippen LogP contribution >= 0.6 is 11.8 Å². The Labute approximate surface area is 121 Å². The van der Waals surface area contributed by atoms with Crippen LogP contribution in [0.2, 0.25) is 0 Å². The van der Waals surface area contributed by atoms with Crippen LogP contribution in [0.25, 0.3) is 0 Å². The van der Waals surface area contributed by atoms with E-state index in [-0.39, 0.29) is 35.2 Å². The number of hydrogen-bond donors (Lipinski definition) is 0. The second-order valence-corrected chi connectivity index (χ2v) is 3.81. The second kappa shape index (κ2) is 7.11. The monoisotopic (exact) mass is 251 g/mol. The summed E-state index contributed by atoms with van der Waals surface area (Å²) < 4.78 is 0. The molecule has 7 heteroatoms. The average molecular weight is 251 g/mol.